The maximum atomic E-state index is 12.2. The SMILES string of the molecule is O=C(/C=C/C(=O)N1CCN(c2cccnc2)CC1)c1ccccc1. The third kappa shape index (κ3) is 3.87. The molecule has 5 nitrogen and oxygen atoms in total. The van der Waals surface area contributed by atoms with Crippen LogP contribution in [0.15, 0.2) is 67.0 Å². The second-order valence-corrected chi connectivity index (χ2v) is 5.59. The smallest absolute Gasteiger partial charge is 0.246 e. The Morgan fingerprint density at radius 2 is 1.67 bits per heavy atom. The molecular formula is C19H19N3O2. The number of carbonyl (C=O) groups is 2. The Hall–Kier alpha value is -2.95. The van der Waals surface area contributed by atoms with Crippen LogP contribution < -0.4 is 4.90 Å². The molecule has 24 heavy (non-hydrogen) atoms. The van der Waals surface area contributed by atoms with Crippen molar-refractivity contribution >= 4 is 17.4 Å². The summed E-state index contributed by atoms with van der Waals surface area (Å²) >= 11 is 0. The summed E-state index contributed by atoms with van der Waals surface area (Å²) in [5.74, 6) is -0.275. The number of anilines is 1. The summed E-state index contributed by atoms with van der Waals surface area (Å²) in [6.07, 6.45) is 6.30. The summed E-state index contributed by atoms with van der Waals surface area (Å²) in [6, 6.07) is 12.9. The monoisotopic (exact) mass is 321 g/mol. The highest BCUT2D eigenvalue weighted by molar-refractivity contribution is 6.07. The lowest BCUT2D eigenvalue weighted by atomic mass is 10.1. The number of nitrogens with zero attached hydrogens (tertiary/aromatic N) is 3. The quantitative estimate of drug-likeness (QED) is 0.640. The van der Waals surface area contributed by atoms with E-state index in [9.17, 15) is 9.59 Å². The van der Waals surface area contributed by atoms with Crippen LogP contribution in [-0.2, 0) is 4.79 Å². The maximum Gasteiger partial charge on any atom is 0.246 e. The lowest BCUT2D eigenvalue weighted by Gasteiger charge is -2.35. The number of allylic oxidation sites excluding steroid dienone is 1. The fraction of sp³-hybridized carbons (Fsp3) is 0.211. The second-order valence-electron chi connectivity index (χ2n) is 5.59. The van der Waals surface area contributed by atoms with E-state index in [-0.39, 0.29) is 11.7 Å². The highest BCUT2D eigenvalue weighted by Crippen LogP contribution is 2.14. The normalized spacial score (nSPS) is 14.8. The number of piperazine rings is 1. The highest BCUT2D eigenvalue weighted by atomic mass is 16.2. The van der Waals surface area contributed by atoms with Gasteiger partial charge in [-0.3, -0.25) is 14.6 Å². The van der Waals surface area contributed by atoms with Gasteiger partial charge in [0.25, 0.3) is 0 Å². The molecule has 1 aromatic heterocycles. The second kappa shape index (κ2) is 7.55. The summed E-state index contributed by atoms with van der Waals surface area (Å²) < 4.78 is 0. The molecule has 0 spiro atoms. The number of hydrogen-bond donors (Lipinski definition) is 0. The zero-order valence-electron chi connectivity index (χ0n) is 13.3. The number of amides is 1. The van der Waals surface area contributed by atoms with Crippen molar-refractivity contribution < 1.29 is 9.59 Å². The van der Waals surface area contributed by atoms with Crippen molar-refractivity contribution in [1.82, 2.24) is 9.88 Å². The molecule has 0 N–H and O–H groups in total. The minimum atomic E-state index is -0.155. The number of pyridine rings is 1. The first kappa shape index (κ1) is 15.9. The van der Waals surface area contributed by atoms with Crippen molar-refractivity contribution in [3.05, 3.63) is 72.6 Å². The summed E-state index contributed by atoms with van der Waals surface area (Å²) in [7, 11) is 0. The first-order chi connectivity index (χ1) is 11.7. The average Bonchev–Trinajstić information content (AvgIpc) is 2.67. The van der Waals surface area contributed by atoms with Crippen LogP contribution in [0.4, 0.5) is 5.69 Å². The number of carbonyl (C=O) groups excluding carboxylic acids is 2. The Morgan fingerprint density at radius 1 is 0.917 bits per heavy atom. The van der Waals surface area contributed by atoms with E-state index in [4.69, 9.17) is 0 Å². The molecule has 0 atom stereocenters. The predicted octanol–water partition coefficient (Wildman–Crippen LogP) is 2.17. The van der Waals surface area contributed by atoms with Gasteiger partial charge in [-0.1, -0.05) is 30.3 Å². The number of rotatable bonds is 4. The molecule has 0 saturated carbocycles. The van der Waals surface area contributed by atoms with Gasteiger partial charge in [0.1, 0.15) is 0 Å². The summed E-state index contributed by atoms with van der Waals surface area (Å²) in [4.78, 5) is 32.3. The van der Waals surface area contributed by atoms with Gasteiger partial charge in [0.2, 0.25) is 5.91 Å². The van der Waals surface area contributed by atoms with E-state index in [1.54, 1.807) is 35.4 Å². The molecule has 1 fully saturated rings. The molecule has 1 aromatic carbocycles. The van der Waals surface area contributed by atoms with Crippen LogP contribution in [0.5, 0.6) is 0 Å². The van der Waals surface area contributed by atoms with Gasteiger partial charge in [0.05, 0.1) is 11.9 Å². The Kier molecular flexibility index (Phi) is 5.01. The fourth-order valence-electron chi connectivity index (χ4n) is 2.68. The van der Waals surface area contributed by atoms with Crippen molar-refractivity contribution in [1.29, 1.82) is 0 Å². The summed E-state index contributed by atoms with van der Waals surface area (Å²) in [6.45, 7) is 2.80. The molecule has 3 rings (SSSR count). The number of benzene rings is 1. The van der Waals surface area contributed by atoms with Crippen molar-refractivity contribution in [2.75, 3.05) is 31.1 Å². The van der Waals surface area contributed by atoms with Crippen LogP contribution in [0.25, 0.3) is 0 Å². The minimum absolute atomic E-state index is 0.120. The maximum absolute atomic E-state index is 12.2. The molecule has 0 bridgehead atoms. The van der Waals surface area contributed by atoms with Gasteiger partial charge in [-0.2, -0.15) is 0 Å². The average molecular weight is 321 g/mol. The third-order valence-electron chi connectivity index (χ3n) is 4.04. The van der Waals surface area contributed by atoms with Gasteiger partial charge >= 0.3 is 0 Å². The molecular weight excluding hydrogens is 302 g/mol. The molecule has 2 aromatic rings. The number of ketones is 1. The van der Waals surface area contributed by atoms with Crippen molar-refractivity contribution in [3.8, 4) is 0 Å². The Balaban J connectivity index is 1.54. The summed E-state index contributed by atoms with van der Waals surface area (Å²) in [5.41, 5.74) is 1.65. The largest absolute Gasteiger partial charge is 0.367 e. The molecule has 0 unspecified atom stereocenters. The van der Waals surface area contributed by atoms with Gasteiger partial charge in [0.15, 0.2) is 5.78 Å². The molecule has 0 radical (unpaired) electrons. The van der Waals surface area contributed by atoms with E-state index >= 15 is 0 Å². The van der Waals surface area contributed by atoms with Crippen LogP contribution in [0.3, 0.4) is 0 Å². The standard InChI is InChI=1S/C19H19N3O2/c23-18(16-5-2-1-3-6-16)8-9-19(24)22-13-11-21(12-14-22)17-7-4-10-20-15-17/h1-10,15H,11-14H2/b9-8+. The van der Waals surface area contributed by atoms with Crippen molar-refractivity contribution in [2.45, 2.75) is 0 Å². The Morgan fingerprint density at radius 3 is 2.33 bits per heavy atom. The Bertz CT molecular complexity index is 721. The van der Waals surface area contributed by atoms with E-state index in [1.807, 2.05) is 24.4 Å². The van der Waals surface area contributed by atoms with Crippen molar-refractivity contribution in [3.63, 3.8) is 0 Å². The first-order valence-electron chi connectivity index (χ1n) is 7.95. The Labute approximate surface area is 141 Å². The topological polar surface area (TPSA) is 53.5 Å². The van der Waals surface area contributed by atoms with Crippen molar-refractivity contribution in [2.24, 2.45) is 0 Å². The zero-order valence-corrected chi connectivity index (χ0v) is 13.3. The molecule has 1 saturated heterocycles. The van der Waals surface area contributed by atoms with Gasteiger partial charge in [0, 0.05) is 44.0 Å². The lowest BCUT2D eigenvalue weighted by molar-refractivity contribution is -0.126. The number of aromatic nitrogens is 1. The molecule has 1 amide bonds. The molecule has 122 valence electrons. The highest BCUT2D eigenvalue weighted by Gasteiger charge is 2.20. The van der Waals surface area contributed by atoms with Gasteiger partial charge < -0.3 is 9.80 Å². The fourth-order valence-corrected chi connectivity index (χ4v) is 2.68. The van der Waals surface area contributed by atoms with Crippen LogP contribution in [0.1, 0.15) is 10.4 Å². The van der Waals surface area contributed by atoms with E-state index in [0.717, 1.165) is 18.8 Å². The van der Waals surface area contributed by atoms with E-state index in [0.29, 0.717) is 18.7 Å². The van der Waals surface area contributed by atoms with Crippen LogP contribution in [0, 0.1) is 0 Å². The minimum Gasteiger partial charge on any atom is -0.367 e. The molecule has 0 aliphatic carbocycles. The van der Waals surface area contributed by atoms with Crippen LogP contribution in [-0.4, -0.2) is 47.8 Å². The van der Waals surface area contributed by atoms with Crippen LogP contribution in [0.2, 0.25) is 0 Å². The molecule has 1 aliphatic rings. The van der Waals surface area contributed by atoms with E-state index < -0.39 is 0 Å². The summed E-state index contributed by atoms with van der Waals surface area (Å²) in [5, 5.41) is 0. The molecule has 5 heteroatoms. The third-order valence-corrected chi connectivity index (χ3v) is 4.04. The predicted molar refractivity (Wildman–Crippen MR) is 92.9 cm³/mol. The van der Waals surface area contributed by atoms with Crippen LogP contribution >= 0.6 is 0 Å². The molecule has 2 heterocycles. The van der Waals surface area contributed by atoms with Gasteiger partial charge in [-0.25, -0.2) is 0 Å². The lowest BCUT2D eigenvalue weighted by Crippen LogP contribution is -2.48. The van der Waals surface area contributed by atoms with Gasteiger partial charge in [-0.15, -0.1) is 0 Å². The van der Waals surface area contributed by atoms with E-state index in [2.05, 4.69) is 9.88 Å². The first-order valence-corrected chi connectivity index (χ1v) is 7.95. The number of hydrogen-bond acceptors (Lipinski definition) is 4. The van der Waals surface area contributed by atoms with Gasteiger partial charge in [-0.05, 0) is 18.2 Å². The zero-order chi connectivity index (χ0) is 16.8. The molecule has 1 aliphatic heterocycles. The van der Waals surface area contributed by atoms with E-state index in [1.165, 1.54) is 12.2 Å².